The molecule has 0 aliphatic heterocycles. The van der Waals surface area contributed by atoms with Crippen molar-refractivity contribution < 1.29 is 17.6 Å². The van der Waals surface area contributed by atoms with Crippen LogP contribution >= 0.6 is 0 Å². The summed E-state index contributed by atoms with van der Waals surface area (Å²) < 4.78 is 35.4. The average Bonchev–Trinajstić information content (AvgIpc) is 2.69. The number of ether oxygens (including phenoxy) is 1. The van der Waals surface area contributed by atoms with E-state index in [9.17, 15) is 8.42 Å². The molecule has 2 aromatic rings. The first-order valence-corrected chi connectivity index (χ1v) is 8.57. The summed E-state index contributed by atoms with van der Waals surface area (Å²) in [5, 5.41) is 0. The second kappa shape index (κ2) is 6.30. The molecule has 0 fully saturated rings. The van der Waals surface area contributed by atoms with Crippen LogP contribution < -0.4 is 4.74 Å². The number of hydrogen-bond acceptors (Lipinski definition) is 5. The Morgan fingerprint density at radius 2 is 1.90 bits per heavy atom. The second-order valence-electron chi connectivity index (χ2n) is 4.82. The Hall–Kier alpha value is -1.82. The first-order chi connectivity index (χ1) is 9.91. The molecule has 0 N–H and O–H groups in total. The van der Waals surface area contributed by atoms with Gasteiger partial charge in [-0.2, -0.15) is 0 Å². The van der Waals surface area contributed by atoms with Crippen LogP contribution in [0, 0.1) is 13.8 Å². The molecule has 0 aliphatic carbocycles. The van der Waals surface area contributed by atoms with Crippen molar-refractivity contribution in [1.82, 2.24) is 4.98 Å². The van der Waals surface area contributed by atoms with Crippen molar-refractivity contribution in [3.63, 3.8) is 0 Å². The summed E-state index contributed by atoms with van der Waals surface area (Å²) in [6.45, 7) is 5.92. The maximum Gasteiger partial charge on any atom is 0.209 e. The predicted molar refractivity (Wildman–Crippen MR) is 79.9 cm³/mol. The van der Waals surface area contributed by atoms with Gasteiger partial charge in [0.1, 0.15) is 17.3 Å². The minimum atomic E-state index is -3.37. The fraction of sp³-hybridized carbons (Fsp3) is 0.400. The zero-order valence-electron chi connectivity index (χ0n) is 12.4. The topological polar surface area (TPSA) is 69.4 Å². The fourth-order valence-electron chi connectivity index (χ4n) is 2.00. The summed E-state index contributed by atoms with van der Waals surface area (Å²) in [7, 11) is -3.37. The highest BCUT2D eigenvalue weighted by atomic mass is 32.2. The van der Waals surface area contributed by atoms with Gasteiger partial charge in [0, 0.05) is 5.56 Å². The summed E-state index contributed by atoms with van der Waals surface area (Å²) in [5.41, 5.74) is 1.37. The van der Waals surface area contributed by atoms with Crippen LogP contribution in [0.3, 0.4) is 0 Å². The van der Waals surface area contributed by atoms with Crippen molar-refractivity contribution in [2.45, 2.75) is 32.3 Å². The van der Waals surface area contributed by atoms with Gasteiger partial charge in [0.25, 0.3) is 0 Å². The number of aryl methyl sites for hydroxylation is 2. The summed E-state index contributed by atoms with van der Waals surface area (Å²) in [5.74, 6) is 1.18. The van der Waals surface area contributed by atoms with E-state index in [1.54, 1.807) is 32.0 Å². The van der Waals surface area contributed by atoms with Crippen LogP contribution in [0.1, 0.15) is 29.8 Å². The molecule has 0 radical (unpaired) electrons. The molecule has 1 aromatic carbocycles. The highest BCUT2D eigenvalue weighted by Crippen LogP contribution is 2.22. The Kier molecular flexibility index (Phi) is 4.67. The third-order valence-electron chi connectivity index (χ3n) is 3.06. The van der Waals surface area contributed by atoms with Gasteiger partial charge in [0.2, 0.25) is 5.89 Å². The monoisotopic (exact) mass is 309 g/mol. The van der Waals surface area contributed by atoms with E-state index in [-0.39, 0.29) is 17.4 Å². The van der Waals surface area contributed by atoms with Crippen molar-refractivity contribution in [2.75, 3.05) is 6.61 Å². The Morgan fingerprint density at radius 1 is 1.19 bits per heavy atom. The molecular formula is C15H19NO4S. The molecule has 1 aromatic heterocycles. The molecule has 0 unspecified atom stereocenters. The van der Waals surface area contributed by atoms with Crippen LogP contribution in [0.5, 0.6) is 5.75 Å². The lowest BCUT2D eigenvalue weighted by Crippen LogP contribution is -2.09. The van der Waals surface area contributed by atoms with Gasteiger partial charge in [0.15, 0.2) is 9.84 Å². The molecule has 5 nitrogen and oxygen atoms in total. The average molecular weight is 309 g/mol. The quantitative estimate of drug-likeness (QED) is 0.820. The van der Waals surface area contributed by atoms with Gasteiger partial charge < -0.3 is 9.15 Å². The molecule has 0 amide bonds. The number of hydrogen-bond donors (Lipinski definition) is 0. The summed E-state index contributed by atoms with van der Waals surface area (Å²) in [6, 6.07) is 7.15. The van der Waals surface area contributed by atoms with Gasteiger partial charge in [-0.15, -0.1) is 0 Å². The van der Waals surface area contributed by atoms with Crippen molar-refractivity contribution in [1.29, 1.82) is 0 Å². The fourth-order valence-corrected chi connectivity index (χ4v) is 3.31. The second-order valence-corrected chi connectivity index (χ2v) is 6.89. The molecule has 0 bridgehead atoms. The minimum absolute atomic E-state index is 0.0936. The van der Waals surface area contributed by atoms with Crippen LogP contribution in [0.4, 0.5) is 0 Å². The molecule has 0 aliphatic rings. The molecule has 6 heteroatoms. The number of benzene rings is 1. The van der Waals surface area contributed by atoms with Crippen LogP contribution in [0.2, 0.25) is 0 Å². The van der Waals surface area contributed by atoms with E-state index in [4.69, 9.17) is 9.15 Å². The number of rotatable bonds is 6. The first-order valence-electron chi connectivity index (χ1n) is 6.75. The number of sulfone groups is 1. The van der Waals surface area contributed by atoms with Crippen molar-refractivity contribution >= 4 is 9.84 Å². The molecular weight excluding hydrogens is 290 g/mol. The molecule has 114 valence electrons. The van der Waals surface area contributed by atoms with Gasteiger partial charge in [-0.3, -0.25) is 0 Å². The largest absolute Gasteiger partial charge is 0.494 e. The normalized spacial score (nSPS) is 11.6. The minimum Gasteiger partial charge on any atom is -0.494 e. The third-order valence-corrected chi connectivity index (χ3v) is 4.50. The molecule has 2 rings (SSSR count). The van der Waals surface area contributed by atoms with Gasteiger partial charge in [0.05, 0.1) is 18.1 Å². The highest BCUT2D eigenvalue weighted by molar-refractivity contribution is 7.89. The van der Waals surface area contributed by atoms with Crippen molar-refractivity contribution in [2.24, 2.45) is 0 Å². The number of oxazole rings is 1. The predicted octanol–water partition coefficient (Wildman–Crippen LogP) is 2.81. The Bertz CT molecular complexity index is 700. The van der Waals surface area contributed by atoms with E-state index >= 15 is 0 Å². The summed E-state index contributed by atoms with van der Waals surface area (Å²) in [4.78, 5) is 4.12. The smallest absolute Gasteiger partial charge is 0.209 e. The number of nitrogens with zero attached hydrogens (tertiary/aromatic N) is 1. The van der Waals surface area contributed by atoms with E-state index in [1.165, 1.54) is 0 Å². The molecule has 21 heavy (non-hydrogen) atoms. The Balaban J connectivity index is 2.17. The zero-order valence-corrected chi connectivity index (χ0v) is 13.2. The van der Waals surface area contributed by atoms with Gasteiger partial charge in [-0.05, 0) is 26.8 Å². The molecule has 0 saturated heterocycles. The van der Waals surface area contributed by atoms with Crippen LogP contribution in [-0.4, -0.2) is 20.0 Å². The van der Waals surface area contributed by atoms with E-state index in [0.29, 0.717) is 23.7 Å². The maximum atomic E-state index is 12.3. The maximum absolute atomic E-state index is 12.3. The Morgan fingerprint density at radius 3 is 2.52 bits per heavy atom. The third kappa shape index (κ3) is 4.07. The molecule has 0 spiro atoms. The van der Waals surface area contributed by atoms with Gasteiger partial charge in [-0.1, -0.05) is 18.2 Å². The lowest BCUT2D eigenvalue weighted by molar-refractivity contribution is 0.337. The van der Waals surface area contributed by atoms with Gasteiger partial charge >= 0.3 is 0 Å². The van der Waals surface area contributed by atoms with Gasteiger partial charge in [-0.25, -0.2) is 13.4 Å². The zero-order chi connectivity index (χ0) is 15.5. The number of para-hydroxylation sites is 1. The van der Waals surface area contributed by atoms with E-state index in [2.05, 4.69) is 4.98 Å². The van der Waals surface area contributed by atoms with Crippen LogP contribution in [-0.2, 0) is 21.3 Å². The summed E-state index contributed by atoms with van der Waals surface area (Å²) >= 11 is 0. The Labute approximate surface area is 124 Å². The van der Waals surface area contributed by atoms with E-state index in [0.717, 1.165) is 5.69 Å². The van der Waals surface area contributed by atoms with E-state index < -0.39 is 9.84 Å². The van der Waals surface area contributed by atoms with Crippen molar-refractivity contribution in [3.05, 3.63) is 47.2 Å². The van der Waals surface area contributed by atoms with Crippen LogP contribution in [0.25, 0.3) is 0 Å². The SMILES string of the molecule is CCOc1ccccc1CS(=O)(=O)Cc1nc(C)c(C)o1. The lowest BCUT2D eigenvalue weighted by Gasteiger charge is -2.09. The first kappa shape index (κ1) is 15.6. The van der Waals surface area contributed by atoms with E-state index in [1.807, 2.05) is 13.0 Å². The van der Waals surface area contributed by atoms with Crippen LogP contribution in [0.15, 0.2) is 28.7 Å². The highest BCUT2D eigenvalue weighted by Gasteiger charge is 2.19. The van der Waals surface area contributed by atoms with Crippen molar-refractivity contribution in [3.8, 4) is 5.75 Å². The molecule has 0 atom stereocenters. The molecule has 0 saturated carbocycles. The lowest BCUT2D eigenvalue weighted by atomic mass is 10.2. The molecule has 1 heterocycles. The standard InChI is InChI=1S/C15H19NO4S/c1-4-19-14-8-6-5-7-13(14)9-21(17,18)10-15-16-11(2)12(3)20-15/h5-8H,4,9-10H2,1-3H3. The number of aromatic nitrogens is 1. The summed E-state index contributed by atoms with van der Waals surface area (Å²) in [6.07, 6.45) is 0.